The first-order valence-corrected chi connectivity index (χ1v) is 13.6. The first-order chi connectivity index (χ1) is 16.8. The van der Waals surface area contributed by atoms with Crippen molar-refractivity contribution in [2.24, 2.45) is 0 Å². The molecule has 12 heteroatoms. The molecule has 0 spiro atoms. The molecule has 1 N–H and O–H groups in total. The van der Waals surface area contributed by atoms with Gasteiger partial charge < -0.3 is 24.2 Å². The zero-order chi connectivity index (χ0) is 24.6. The van der Waals surface area contributed by atoms with E-state index in [9.17, 15) is 14.1 Å². The van der Waals surface area contributed by atoms with E-state index in [-0.39, 0.29) is 18.2 Å². The third-order valence-corrected chi connectivity index (χ3v) is 7.77. The number of rotatable bonds is 5. The summed E-state index contributed by atoms with van der Waals surface area (Å²) >= 11 is 0. The van der Waals surface area contributed by atoms with Crippen LogP contribution in [-0.4, -0.2) is 109 Å². The standard InChI is InChI=1S/C23H29N7O4S/c1-35(2,33)30-8-6-27(7-9-30)19(32)15-29-16-24-21-20(17-4-3-5-18(31)14-17)25-23(26-22(21)29)28-10-12-34-13-11-28/h3-5,14,16,31H,1,6-13,15H2,2H3. The summed E-state index contributed by atoms with van der Waals surface area (Å²) in [5.74, 6) is 4.36. The topological polar surface area (TPSA) is 117 Å². The number of hydrogen-bond donors (Lipinski definition) is 1. The maximum Gasteiger partial charge on any atom is 0.242 e. The van der Waals surface area contributed by atoms with Crippen molar-refractivity contribution in [3.63, 3.8) is 0 Å². The zero-order valence-corrected chi connectivity index (χ0v) is 20.5. The number of imidazole rings is 1. The van der Waals surface area contributed by atoms with Crippen LogP contribution in [0.5, 0.6) is 5.75 Å². The highest BCUT2D eigenvalue weighted by molar-refractivity contribution is 7.97. The fraction of sp³-hybridized carbons (Fsp3) is 0.435. The molecule has 11 nitrogen and oxygen atoms in total. The number of carbonyl (C=O) groups excluding carboxylic acids is 1. The molecule has 4 heterocycles. The first-order valence-electron chi connectivity index (χ1n) is 11.5. The summed E-state index contributed by atoms with van der Waals surface area (Å²) in [5, 5.41) is 10.0. The molecule has 1 amide bonds. The van der Waals surface area contributed by atoms with Crippen LogP contribution in [0.4, 0.5) is 5.95 Å². The highest BCUT2D eigenvalue weighted by atomic mass is 32.2. The summed E-state index contributed by atoms with van der Waals surface area (Å²) < 4.78 is 21.3. The second-order valence-electron chi connectivity index (χ2n) is 8.84. The summed E-state index contributed by atoms with van der Waals surface area (Å²) in [6.07, 6.45) is 3.23. The van der Waals surface area contributed by atoms with Crippen LogP contribution in [0.15, 0.2) is 30.6 Å². The minimum Gasteiger partial charge on any atom is -0.508 e. The Morgan fingerprint density at radius 1 is 1.14 bits per heavy atom. The Labute approximate surface area is 204 Å². The van der Waals surface area contributed by atoms with E-state index in [1.54, 1.807) is 40.2 Å². The van der Waals surface area contributed by atoms with Gasteiger partial charge in [0.15, 0.2) is 5.65 Å². The first kappa shape index (κ1) is 23.5. The van der Waals surface area contributed by atoms with Crippen LogP contribution >= 0.6 is 0 Å². The summed E-state index contributed by atoms with van der Waals surface area (Å²) in [4.78, 5) is 31.1. The van der Waals surface area contributed by atoms with Gasteiger partial charge in [-0.25, -0.2) is 14.3 Å². The van der Waals surface area contributed by atoms with Gasteiger partial charge >= 0.3 is 0 Å². The van der Waals surface area contributed by atoms with E-state index in [4.69, 9.17) is 14.7 Å². The third-order valence-electron chi connectivity index (χ3n) is 6.31. The number of nitrogens with zero attached hydrogens (tertiary/aromatic N) is 7. The van der Waals surface area contributed by atoms with Crippen LogP contribution in [-0.2, 0) is 25.8 Å². The van der Waals surface area contributed by atoms with Crippen LogP contribution in [0.2, 0.25) is 0 Å². The van der Waals surface area contributed by atoms with E-state index in [0.717, 1.165) is 5.56 Å². The maximum absolute atomic E-state index is 13.1. The molecule has 1 unspecified atom stereocenters. The van der Waals surface area contributed by atoms with Crippen LogP contribution < -0.4 is 4.90 Å². The number of ether oxygens (including phenoxy) is 1. The van der Waals surface area contributed by atoms with Crippen LogP contribution in [0.3, 0.4) is 0 Å². The van der Waals surface area contributed by atoms with E-state index in [1.165, 1.54) is 0 Å². The molecule has 2 aliphatic heterocycles. The highest BCUT2D eigenvalue weighted by Crippen LogP contribution is 2.29. The molecule has 2 saturated heterocycles. The summed E-state index contributed by atoms with van der Waals surface area (Å²) in [5.41, 5.74) is 2.44. The average Bonchev–Trinajstić information content (AvgIpc) is 3.26. The molecule has 0 bridgehead atoms. The number of morpholine rings is 1. The van der Waals surface area contributed by atoms with Crippen LogP contribution in [0.1, 0.15) is 0 Å². The number of aromatic hydroxyl groups is 1. The average molecular weight is 500 g/mol. The van der Waals surface area contributed by atoms with Crippen molar-refractivity contribution in [1.29, 1.82) is 0 Å². The van der Waals surface area contributed by atoms with E-state index in [2.05, 4.69) is 15.8 Å². The monoisotopic (exact) mass is 499 g/mol. The molecule has 35 heavy (non-hydrogen) atoms. The lowest BCUT2D eigenvalue weighted by atomic mass is 10.1. The highest BCUT2D eigenvalue weighted by Gasteiger charge is 2.25. The van der Waals surface area contributed by atoms with Gasteiger partial charge in [-0.15, -0.1) is 0 Å². The number of carbonyl (C=O) groups is 1. The fourth-order valence-corrected chi connectivity index (χ4v) is 5.31. The Balaban J connectivity index is 1.46. The van der Waals surface area contributed by atoms with Crippen molar-refractivity contribution in [3.8, 4) is 17.0 Å². The predicted molar refractivity (Wildman–Crippen MR) is 135 cm³/mol. The fourth-order valence-electron chi connectivity index (χ4n) is 4.38. The molecule has 0 aliphatic carbocycles. The molecule has 186 valence electrons. The smallest absolute Gasteiger partial charge is 0.242 e. The van der Waals surface area contributed by atoms with Gasteiger partial charge in [-0.2, -0.15) is 4.98 Å². The van der Waals surface area contributed by atoms with Gasteiger partial charge in [0.2, 0.25) is 11.9 Å². The number of hydrogen-bond acceptors (Lipinski definition) is 8. The molecule has 1 aromatic carbocycles. The second kappa shape index (κ2) is 9.44. The lowest BCUT2D eigenvalue weighted by molar-refractivity contribution is -0.132. The lowest BCUT2D eigenvalue weighted by Gasteiger charge is -2.35. The van der Waals surface area contributed by atoms with Crippen molar-refractivity contribution < 1.29 is 18.8 Å². The quantitative estimate of drug-likeness (QED) is 0.503. The molecular weight excluding hydrogens is 470 g/mol. The number of fused-ring (bicyclic) bond motifs is 1. The SMILES string of the molecule is C=S(C)(=O)N1CCN(C(=O)Cn2cnc3c(-c4cccc(O)c4)nc(N4CCOCC4)nc32)CC1. The van der Waals surface area contributed by atoms with Gasteiger partial charge in [0.25, 0.3) is 0 Å². The minimum atomic E-state index is -2.27. The van der Waals surface area contributed by atoms with Crippen LogP contribution in [0, 0.1) is 0 Å². The molecule has 3 aromatic rings. The van der Waals surface area contributed by atoms with Gasteiger partial charge in [-0.3, -0.25) is 9.00 Å². The Kier molecular flexibility index (Phi) is 6.34. The van der Waals surface area contributed by atoms with Gasteiger partial charge in [-0.1, -0.05) is 12.1 Å². The zero-order valence-electron chi connectivity index (χ0n) is 19.7. The summed E-state index contributed by atoms with van der Waals surface area (Å²) in [6, 6.07) is 6.87. The molecule has 1 atom stereocenters. The normalized spacial score (nSPS) is 19.1. The van der Waals surface area contributed by atoms with Gasteiger partial charge in [0.1, 0.15) is 23.5 Å². The number of anilines is 1. The molecule has 5 rings (SSSR count). The van der Waals surface area contributed by atoms with E-state index < -0.39 is 9.71 Å². The van der Waals surface area contributed by atoms with Crippen molar-refractivity contribution in [1.82, 2.24) is 28.7 Å². The van der Waals surface area contributed by atoms with Gasteiger partial charge in [0, 0.05) is 60.8 Å². The number of amides is 1. The minimum absolute atomic E-state index is 0.0546. The van der Waals surface area contributed by atoms with Crippen LogP contribution in [0.25, 0.3) is 22.4 Å². The number of piperazine rings is 1. The molecular formula is C23H29N7O4S. The molecule has 0 saturated carbocycles. The summed E-state index contributed by atoms with van der Waals surface area (Å²) in [6.45, 7) is 4.63. The third kappa shape index (κ3) is 4.95. The van der Waals surface area contributed by atoms with Crippen molar-refractivity contribution in [2.75, 3.05) is 63.6 Å². The van der Waals surface area contributed by atoms with Crippen molar-refractivity contribution in [2.45, 2.75) is 6.54 Å². The van der Waals surface area contributed by atoms with E-state index in [1.807, 2.05) is 10.4 Å². The Bertz CT molecular complexity index is 1340. The Morgan fingerprint density at radius 3 is 2.57 bits per heavy atom. The maximum atomic E-state index is 13.1. The molecule has 2 fully saturated rings. The van der Waals surface area contributed by atoms with Gasteiger partial charge in [0.05, 0.1) is 19.5 Å². The van der Waals surface area contributed by atoms with E-state index in [0.29, 0.717) is 75.3 Å². The second-order valence-corrected chi connectivity index (χ2v) is 11.3. The molecule has 2 aromatic heterocycles. The predicted octanol–water partition coefficient (Wildman–Crippen LogP) is 0.441. The summed E-state index contributed by atoms with van der Waals surface area (Å²) in [7, 11) is -2.27. The largest absolute Gasteiger partial charge is 0.508 e. The number of aromatic nitrogens is 4. The number of phenolic OH excluding ortho intramolecular Hbond substituents is 1. The van der Waals surface area contributed by atoms with E-state index >= 15 is 0 Å². The molecule has 2 aliphatic rings. The number of benzene rings is 1. The Morgan fingerprint density at radius 2 is 1.89 bits per heavy atom. The lowest BCUT2D eigenvalue weighted by Crippen LogP contribution is -2.50. The molecule has 0 radical (unpaired) electrons. The Hall–Kier alpha value is -3.22. The number of phenols is 1. The van der Waals surface area contributed by atoms with Crippen molar-refractivity contribution >= 4 is 38.6 Å². The van der Waals surface area contributed by atoms with Crippen molar-refractivity contribution in [3.05, 3.63) is 30.6 Å². The van der Waals surface area contributed by atoms with Gasteiger partial charge in [-0.05, 0) is 18.0 Å².